The fourth-order valence-corrected chi connectivity index (χ4v) is 5.10. The van der Waals surface area contributed by atoms with Gasteiger partial charge in [0.15, 0.2) is 0 Å². The summed E-state index contributed by atoms with van der Waals surface area (Å²) in [5, 5.41) is 16.1. The molecule has 1 fully saturated rings. The van der Waals surface area contributed by atoms with Gasteiger partial charge in [0.2, 0.25) is 0 Å². The largest absolute Gasteiger partial charge is 0.354 e. The molecule has 0 unspecified atom stereocenters. The summed E-state index contributed by atoms with van der Waals surface area (Å²) in [4.78, 5) is 40.3. The molecule has 4 aromatic rings. The highest BCUT2D eigenvalue weighted by molar-refractivity contribution is 5.97. The van der Waals surface area contributed by atoms with Crippen LogP contribution in [0.3, 0.4) is 0 Å². The lowest BCUT2D eigenvalue weighted by atomic mass is 9.99. The topological polar surface area (TPSA) is 129 Å². The number of carbonyl (C=O) groups excluding carboxylic acids is 2. The summed E-state index contributed by atoms with van der Waals surface area (Å²) in [6, 6.07) is 13.2. The molecule has 2 N–H and O–H groups in total. The Hall–Kier alpha value is -4.78. The van der Waals surface area contributed by atoms with Gasteiger partial charge in [-0.2, -0.15) is 5.26 Å². The van der Waals surface area contributed by atoms with Crippen LogP contribution in [-0.2, 0) is 13.1 Å². The van der Waals surface area contributed by atoms with Crippen molar-refractivity contribution in [3.8, 4) is 28.6 Å². The number of nitrogens with one attached hydrogen (secondary N) is 2. The summed E-state index contributed by atoms with van der Waals surface area (Å²) in [6.07, 6.45) is 3.81. The van der Waals surface area contributed by atoms with Crippen LogP contribution in [0.1, 0.15) is 46.3 Å². The maximum atomic E-state index is 12.4. The second-order valence-corrected chi connectivity index (χ2v) is 9.55. The maximum Gasteiger partial charge on any atom is 0.317 e. The van der Waals surface area contributed by atoms with E-state index in [9.17, 15) is 14.9 Å². The van der Waals surface area contributed by atoms with E-state index in [4.69, 9.17) is 9.97 Å². The van der Waals surface area contributed by atoms with Crippen LogP contribution in [-0.4, -0.2) is 57.0 Å². The van der Waals surface area contributed by atoms with Gasteiger partial charge in [0.25, 0.3) is 5.91 Å². The Balaban J connectivity index is 1.48. The Labute approximate surface area is 219 Å². The third kappa shape index (κ3) is 3.93. The Kier molecular flexibility index (Phi) is 5.76. The zero-order valence-electron chi connectivity index (χ0n) is 21.2. The highest BCUT2D eigenvalue weighted by Gasteiger charge is 2.34. The fourth-order valence-electron chi connectivity index (χ4n) is 5.10. The summed E-state index contributed by atoms with van der Waals surface area (Å²) in [6.45, 7) is 1.80. The van der Waals surface area contributed by atoms with Crippen molar-refractivity contribution in [3.63, 3.8) is 0 Å². The predicted octanol–water partition coefficient (Wildman–Crippen LogP) is 3.42. The first kappa shape index (κ1) is 23.6. The number of hydrogen-bond donors (Lipinski definition) is 2. The third-order valence-electron chi connectivity index (χ3n) is 7.21. The number of pyridine rings is 2. The number of amides is 3. The maximum absolute atomic E-state index is 12.4. The van der Waals surface area contributed by atoms with Crippen LogP contribution in [0.15, 0.2) is 42.6 Å². The molecule has 190 valence electrons. The number of fused-ring (bicyclic) bond motifs is 2. The van der Waals surface area contributed by atoms with Crippen molar-refractivity contribution in [1.29, 1.82) is 5.26 Å². The van der Waals surface area contributed by atoms with E-state index < -0.39 is 0 Å². The zero-order chi connectivity index (χ0) is 26.4. The number of aromatic nitrogens is 4. The number of benzene rings is 1. The quantitative estimate of drug-likeness (QED) is 0.436. The minimum absolute atomic E-state index is 0.108. The molecule has 6 rings (SSSR count). The van der Waals surface area contributed by atoms with Gasteiger partial charge in [-0.05, 0) is 37.1 Å². The smallest absolute Gasteiger partial charge is 0.317 e. The van der Waals surface area contributed by atoms with E-state index >= 15 is 0 Å². The monoisotopic (exact) mass is 506 g/mol. The van der Waals surface area contributed by atoms with Gasteiger partial charge >= 0.3 is 6.03 Å². The van der Waals surface area contributed by atoms with Crippen LogP contribution in [0.2, 0.25) is 0 Å². The van der Waals surface area contributed by atoms with Crippen molar-refractivity contribution in [2.75, 3.05) is 20.6 Å². The van der Waals surface area contributed by atoms with Crippen LogP contribution in [0.4, 0.5) is 4.79 Å². The number of imidazole rings is 1. The van der Waals surface area contributed by atoms with E-state index in [1.54, 1.807) is 37.3 Å². The minimum Gasteiger partial charge on any atom is -0.354 e. The summed E-state index contributed by atoms with van der Waals surface area (Å²) in [7, 11) is 3.19. The standard InChI is InChI=1S/C28H26N8O2/c1-30-27(37)22-9-8-17(14-32-22)24-18(13-29)12-20-19(4-3-5-21(20)33-24)25-23-15-35(28(38)31-2)10-11-36(23)26(34-25)16-6-7-16/h3-5,8-9,12,14,16H,6-7,10-11,15H2,1-2H3,(H,30,37)(H,31,38). The average molecular weight is 507 g/mol. The highest BCUT2D eigenvalue weighted by Crippen LogP contribution is 2.43. The number of carbonyl (C=O) groups is 2. The lowest BCUT2D eigenvalue weighted by Crippen LogP contribution is -2.43. The number of nitrogens with zero attached hydrogens (tertiary/aromatic N) is 6. The van der Waals surface area contributed by atoms with Gasteiger partial charge in [-0.1, -0.05) is 12.1 Å². The SMILES string of the molecule is CNC(=O)c1ccc(-c2nc3cccc(-c4nc(C5CC5)n5c4CN(C(=O)NC)CC5)c3cc2C#N)cn1. The highest BCUT2D eigenvalue weighted by atomic mass is 16.2. The summed E-state index contributed by atoms with van der Waals surface area (Å²) in [5.41, 5.74) is 5.30. The molecule has 1 aliphatic heterocycles. The number of urea groups is 1. The van der Waals surface area contributed by atoms with Gasteiger partial charge in [-0.15, -0.1) is 0 Å². The van der Waals surface area contributed by atoms with Crippen molar-refractivity contribution in [3.05, 3.63) is 65.4 Å². The summed E-state index contributed by atoms with van der Waals surface area (Å²) < 4.78 is 2.28. The molecular formula is C28H26N8O2. The molecule has 0 spiro atoms. The normalized spacial score (nSPS) is 14.6. The molecule has 4 heterocycles. The Morgan fingerprint density at radius 3 is 2.58 bits per heavy atom. The van der Waals surface area contributed by atoms with Crippen LogP contribution in [0, 0.1) is 11.3 Å². The Morgan fingerprint density at radius 2 is 1.89 bits per heavy atom. The van der Waals surface area contributed by atoms with E-state index in [1.807, 2.05) is 24.3 Å². The summed E-state index contributed by atoms with van der Waals surface area (Å²) in [5.74, 6) is 1.25. The first-order chi connectivity index (χ1) is 18.5. The molecule has 1 saturated carbocycles. The lowest BCUT2D eigenvalue weighted by Gasteiger charge is -2.29. The first-order valence-electron chi connectivity index (χ1n) is 12.6. The molecule has 2 aliphatic rings. The molecule has 0 bridgehead atoms. The van der Waals surface area contributed by atoms with Crippen molar-refractivity contribution in [2.45, 2.75) is 31.8 Å². The first-order valence-corrected chi connectivity index (χ1v) is 12.6. The minimum atomic E-state index is -0.280. The number of rotatable bonds is 4. The van der Waals surface area contributed by atoms with Crippen LogP contribution >= 0.6 is 0 Å². The molecule has 10 nitrogen and oxygen atoms in total. The summed E-state index contributed by atoms with van der Waals surface area (Å²) >= 11 is 0. The van der Waals surface area contributed by atoms with Crippen molar-refractivity contribution >= 4 is 22.8 Å². The fraction of sp³-hybridized carbons (Fsp3) is 0.286. The molecular weight excluding hydrogens is 480 g/mol. The van der Waals surface area contributed by atoms with Crippen LogP contribution < -0.4 is 10.6 Å². The molecule has 3 aromatic heterocycles. The van der Waals surface area contributed by atoms with E-state index in [0.29, 0.717) is 48.1 Å². The number of hydrogen-bond acceptors (Lipinski definition) is 6. The lowest BCUT2D eigenvalue weighted by molar-refractivity contribution is 0.0958. The third-order valence-corrected chi connectivity index (χ3v) is 7.21. The molecule has 38 heavy (non-hydrogen) atoms. The van der Waals surface area contributed by atoms with Crippen molar-refractivity contribution in [2.24, 2.45) is 0 Å². The van der Waals surface area contributed by atoms with Crippen LogP contribution in [0.25, 0.3) is 33.4 Å². The van der Waals surface area contributed by atoms with Gasteiger partial charge < -0.3 is 20.1 Å². The molecule has 0 radical (unpaired) electrons. The molecule has 3 amide bonds. The average Bonchev–Trinajstić information content (AvgIpc) is 3.75. The molecule has 0 saturated heterocycles. The van der Waals surface area contributed by atoms with Gasteiger partial charge in [0.1, 0.15) is 17.6 Å². The van der Waals surface area contributed by atoms with E-state index in [1.165, 1.54) is 0 Å². The Bertz CT molecular complexity index is 1630. The van der Waals surface area contributed by atoms with Crippen LogP contribution in [0.5, 0.6) is 0 Å². The molecule has 10 heteroatoms. The van der Waals surface area contributed by atoms with Crippen molar-refractivity contribution in [1.82, 2.24) is 35.1 Å². The van der Waals surface area contributed by atoms with Gasteiger partial charge in [-0.25, -0.2) is 14.8 Å². The number of nitriles is 1. The second kappa shape index (κ2) is 9.27. The van der Waals surface area contributed by atoms with Gasteiger partial charge in [-0.3, -0.25) is 9.78 Å². The second-order valence-electron chi connectivity index (χ2n) is 9.55. The van der Waals surface area contributed by atoms with E-state index in [0.717, 1.165) is 46.5 Å². The Morgan fingerprint density at radius 1 is 1.05 bits per heavy atom. The predicted molar refractivity (Wildman–Crippen MR) is 141 cm³/mol. The van der Waals surface area contributed by atoms with E-state index in [-0.39, 0.29) is 11.9 Å². The molecule has 0 atom stereocenters. The van der Waals surface area contributed by atoms with Crippen molar-refractivity contribution < 1.29 is 9.59 Å². The van der Waals surface area contributed by atoms with E-state index in [2.05, 4.69) is 26.3 Å². The molecule has 1 aliphatic carbocycles. The van der Waals surface area contributed by atoms with Gasteiger partial charge in [0, 0.05) is 55.8 Å². The van der Waals surface area contributed by atoms with Gasteiger partial charge in [0.05, 0.1) is 34.7 Å². The zero-order valence-corrected chi connectivity index (χ0v) is 21.2. The molecule has 1 aromatic carbocycles.